The molecule has 3 heterocycles. The third kappa shape index (κ3) is 2.27. The highest BCUT2D eigenvalue weighted by Gasteiger charge is 2.30. The monoisotopic (exact) mass is 259 g/mol. The fourth-order valence-electron chi connectivity index (χ4n) is 2.84. The highest BCUT2D eigenvalue weighted by molar-refractivity contribution is 5.85. The number of hydrogen-bond donors (Lipinski definition) is 1. The molecule has 0 aromatic carbocycles. The van der Waals surface area contributed by atoms with Crippen molar-refractivity contribution in [3.8, 4) is 0 Å². The Morgan fingerprint density at radius 1 is 1.42 bits per heavy atom. The van der Waals surface area contributed by atoms with Crippen LogP contribution in [0, 0.1) is 0 Å². The smallest absolute Gasteiger partial charge is 0.0514 e. The van der Waals surface area contributed by atoms with Crippen LogP contribution in [0.5, 0.6) is 0 Å². The summed E-state index contributed by atoms with van der Waals surface area (Å²) in [6.45, 7) is 9.53. The van der Waals surface area contributed by atoms with Gasteiger partial charge in [-0.1, -0.05) is 20.8 Å². The van der Waals surface area contributed by atoms with Crippen molar-refractivity contribution in [2.24, 2.45) is 7.05 Å². The van der Waals surface area contributed by atoms with Crippen LogP contribution in [-0.4, -0.2) is 15.1 Å². The van der Waals surface area contributed by atoms with Gasteiger partial charge in [-0.3, -0.25) is 4.98 Å². The molecule has 1 aliphatic rings. The molecule has 0 saturated heterocycles. The topological polar surface area (TPSA) is 29.9 Å². The summed E-state index contributed by atoms with van der Waals surface area (Å²) in [6, 6.07) is 2.11. The Morgan fingerprint density at radius 2 is 2.16 bits per heavy atom. The van der Waals surface area contributed by atoms with Gasteiger partial charge in [-0.15, -0.1) is 0 Å². The van der Waals surface area contributed by atoms with Crippen molar-refractivity contribution in [1.82, 2.24) is 14.9 Å². The van der Waals surface area contributed by atoms with Crippen LogP contribution in [0.2, 0.25) is 0 Å². The fourth-order valence-corrected chi connectivity index (χ4v) is 2.84. The molecule has 3 nitrogen and oxygen atoms in total. The van der Waals surface area contributed by atoms with Crippen LogP contribution in [0.15, 0.2) is 18.5 Å². The number of fused-ring (bicyclic) bond motifs is 3. The maximum Gasteiger partial charge on any atom is 0.0514 e. The molecule has 19 heavy (non-hydrogen) atoms. The molecule has 2 aromatic heterocycles. The van der Waals surface area contributed by atoms with Gasteiger partial charge in [-0.2, -0.15) is 0 Å². The number of hydrogen-bond acceptors (Lipinski definition) is 2. The standard InChI is InChI=1S/C14H19N3.C2H6/c1-4-14(2)7-10-11-8-15-6-5-12(11)17(3)13(10)9-16-14;1-2/h5-6,8,16H,4,7,9H2,1-3H3;1-2H3. The number of aryl methyl sites for hydroxylation is 1. The Kier molecular flexibility index (Phi) is 3.95. The average Bonchev–Trinajstić information content (AvgIpc) is 2.74. The van der Waals surface area contributed by atoms with Crippen LogP contribution in [0.1, 0.15) is 45.4 Å². The van der Waals surface area contributed by atoms with Gasteiger partial charge in [0.1, 0.15) is 0 Å². The lowest BCUT2D eigenvalue weighted by molar-refractivity contribution is 0.316. The highest BCUT2D eigenvalue weighted by atomic mass is 15.1. The Bertz CT molecular complexity index is 571. The van der Waals surface area contributed by atoms with Gasteiger partial charge in [-0.05, 0) is 31.4 Å². The molecule has 0 aliphatic carbocycles. The first-order valence-electron chi connectivity index (χ1n) is 7.30. The van der Waals surface area contributed by atoms with Crippen LogP contribution in [0.25, 0.3) is 10.9 Å². The summed E-state index contributed by atoms with van der Waals surface area (Å²) >= 11 is 0. The summed E-state index contributed by atoms with van der Waals surface area (Å²) in [7, 11) is 2.15. The van der Waals surface area contributed by atoms with E-state index < -0.39 is 0 Å². The summed E-state index contributed by atoms with van der Waals surface area (Å²) in [5, 5.41) is 4.99. The molecule has 0 fully saturated rings. The average molecular weight is 259 g/mol. The molecule has 2 aromatic rings. The minimum atomic E-state index is 0.233. The van der Waals surface area contributed by atoms with Gasteiger partial charge in [0.05, 0.1) is 5.52 Å². The Balaban J connectivity index is 0.000000637. The van der Waals surface area contributed by atoms with Crippen LogP contribution in [0.4, 0.5) is 0 Å². The van der Waals surface area contributed by atoms with Crippen molar-refractivity contribution >= 4 is 10.9 Å². The fraction of sp³-hybridized carbons (Fsp3) is 0.562. The number of nitrogens with zero attached hydrogens (tertiary/aromatic N) is 2. The summed E-state index contributed by atoms with van der Waals surface area (Å²) in [5.74, 6) is 0. The first-order valence-corrected chi connectivity index (χ1v) is 7.30. The van der Waals surface area contributed by atoms with E-state index in [2.05, 4.69) is 41.8 Å². The van der Waals surface area contributed by atoms with Gasteiger partial charge >= 0.3 is 0 Å². The van der Waals surface area contributed by atoms with E-state index >= 15 is 0 Å². The van der Waals surface area contributed by atoms with Crippen LogP contribution in [0.3, 0.4) is 0 Å². The summed E-state index contributed by atoms with van der Waals surface area (Å²) in [5.41, 5.74) is 4.43. The van der Waals surface area contributed by atoms with E-state index in [0.29, 0.717) is 0 Å². The molecule has 0 bridgehead atoms. The van der Waals surface area contributed by atoms with E-state index in [1.165, 1.54) is 22.2 Å². The lowest BCUT2D eigenvalue weighted by Crippen LogP contribution is -2.46. The normalized spacial score (nSPS) is 21.7. The maximum atomic E-state index is 4.27. The first kappa shape index (κ1) is 14.1. The van der Waals surface area contributed by atoms with Crippen molar-refractivity contribution in [2.45, 2.75) is 52.6 Å². The van der Waals surface area contributed by atoms with Crippen molar-refractivity contribution in [3.63, 3.8) is 0 Å². The maximum absolute atomic E-state index is 4.27. The Hall–Kier alpha value is -1.35. The molecule has 1 unspecified atom stereocenters. The van der Waals surface area contributed by atoms with E-state index in [1.807, 2.05) is 26.2 Å². The second-order valence-corrected chi connectivity index (χ2v) is 5.32. The molecule has 0 radical (unpaired) electrons. The van der Waals surface area contributed by atoms with Gasteiger partial charge < -0.3 is 9.88 Å². The van der Waals surface area contributed by atoms with Crippen molar-refractivity contribution in [3.05, 3.63) is 29.7 Å². The van der Waals surface area contributed by atoms with Gasteiger partial charge in [-0.25, -0.2) is 0 Å². The number of nitrogens with one attached hydrogen (secondary N) is 1. The van der Waals surface area contributed by atoms with Gasteiger partial charge in [0, 0.05) is 42.6 Å². The third-order valence-electron chi connectivity index (χ3n) is 4.27. The van der Waals surface area contributed by atoms with E-state index in [9.17, 15) is 0 Å². The van der Waals surface area contributed by atoms with E-state index in [0.717, 1.165) is 19.4 Å². The molecule has 0 saturated carbocycles. The highest BCUT2D eigenvalue weighted by Crippen LogP contribution is 2.32. The van der Waals surface area contributed by atoms with E-state index in [1.54, 1.807) is 0 Å². The lowest BCUT2D eigenvalue weighted by atomic mass is 9.86. The molecule has 1 aliphatic heterocycles. The van der Waals surface area contributed by atoms with Gasteiger partial charge in [0.2, 0.25) is 0 Å². The first-order chi connectivity index (χ1) is 9.14. The molecule has 1 N–H and O–H groups in total. The number of aromatic nitrogens is 2. The molecule has 3 rings (SSSR count). The van der Waals surface area contributed by atoms with E-state index in [-0.39, 0.29) is 5.54 Å². The van der Waals surface area contributed by atoms with Crippen molar-refractivity contribution in [2.75, 3.05) is 0 Å². The van der Waals surface area contributed by atoms with Gasteiger partial charge in [0.15, 0.2) is 0 Å². The molecule has 1 atom stereocenters. The molecular weight excluding hydrogens is 234 g/mol. The SMILES string of the molecule is CC.CCC1(C)Cc2c(n(C)c3ccncc23)CN1. The van der Waals surface area contributed by atoms with Crippen LogP contribution in [-0.2, 0) is 20.0 Å². The second-order valence-electron chi connectivity index (χ2n) is 5.32. The zero-order valence-electron chi connectivity index (χ0n) is 12.7. The zero-order valence-corrected chi connectivity index (χ0v) is 12.7. The summed E-state index contributed by atoms with van der Waals surface area (Å²) < 4.78 is 2.30. The predicted molar refractivity (Wildman–Crippen MR) is 81.3 cm³/mol. The predicted octanol–water partition coefficient (Wildman–Crippen LogP) is 3.41. The summed E-state index contributed by atoms with van der Waals surface area (Å²) in [6.07, 6.45) is 6.14. The van der Waals surface area contributed by atoms with Crippen LogP contribution < -0.4 is 5.32 Å². The largest absolute Gasteiger partial charge is 0.346 e. The summed E-state index contributed by atoms with van der Waals surface area (Å²) in [4.78, 5) is 4.27. The van der Waals surface area contributed by atoms with E-state index in [4.69, 9.17) is 0 Å². The molecule has 0 amide bonds. The molecular formula is C16H25N3. The second kappa shape index (κ2) is 5.33. The third-order valence-corrected chi connectivity index (χ3v) is 4.27. The number of pyridine rings is 1. The number of rotatable bonds is 1. The van der Waals surface area contributed by atoms with Crippen molar-refractivity contribution < 1.29 is 0 Å². The quantitative estimate of drug-likeness (QED) is 0.850. The molecule has 3 heteroatoms. The molecule has 104 valence electrons. The Labute approximate surface area is 116 Å². The minimum absolute atomic E-state index is 0.233. The minimum Gasteiger partial charge on any atom is -0.346 e. The molecule has 0 spiro atoms. The zero-order chi connectivity index (χ0) is 14.0. The van der Waals surface area contributed by atoms with Crippen molar-refractivity contribution in [1.29, 1.82) is 0 Å². The lowest BCUT2D eigenvalue weighted by Gasteiger charge is -2.34. The Morgan fingerprint density at radius 3 is 2.84 bits per heavy atom. The van der Waals surface area contributed by atoms with Gasteiger partial charge in [0.25, 0.3) is 0 Å². The van der Waals surface area contributed by atoms with Crippen LogP contribution >= 0.6 is 0 Å².